The quantitative estimate of drug-likeness (QED) is 0.927. The molecular weight excluding hydrogens is 319 g/mol. The summed E-state index contributed by atoms with van der Waals surface area (Å²) in [6.45, 7) is 5.15. The van der Waals surface area contributed by atoms with Gasteiger partial charge in [0, 0.05) is 30.4 Å². The van der Waals surface area contributed by atoms with Crippen molar-refractivity contribution in [3.05, 3.63) is 47.0 Å². The summed E-state index contributed by atoms with van der Waals surface area (Å²) in [6.07, 6.45) is 3.48. The fourth-order valence-corrected chi connectivity index (χ4v) is 3.59. The van der Waals surface area contributed by atoms with E-state index >= 15 is 0 Å². The van der Waals surface area contributed by atoms with Crippen molar-refractivity contribution in [2.45, 2.75) is 45.6 Å². The van der Waals surface area contributed by atoms with Gasteiger partial charge in [-0.3, -0.25) is 4.79 Å². The van der Waals surface area contributed by atoms with Crippen LogP contribution in [0.5, 0.6) is 0 Å². The monoisotopic (exact) mass is 344 g/mol. The first-order valence-corrected chi connectivity index (χ1v) is 8.82. The first-order valence-electron chi connectivity index (χ1n) is 8.82. The molecule has 25 heavy (non-hydrogen) atoms. The summed E-state index contributed by atoms with van der Waals surface area (Å²) in [5, 5.41) is 4.55. The second-order valence-electron chi connectivity index (χ2n) is 6.69. The first kappa shape index (κ1) is 17.6. The molecule has 0 spiro atoms. The van der Waals surface area contributed by atoms with E-state index in [1.54, 1.807) is 16.8 Å². The molecule has 1 aromatic heterocycles. The van der Waals surface area contributed by atoms with Gasteiger partial charge in [-0.2, -0.15) is 5.10 Å². The maximum atomic E-state index is 13.1. The Hall–Kier alpha value is -2.21. The normalized spacial score (nSPS) is 17.8. The van der Waals surface area contributed by atoms with Gasteiger partial charge in [0.25, 0.3) is 0 Å². The lowest BCUT2D eigenvalue weighted by Gasteiger charge is -2.35. The zero-order valence-corrected chi connectivity index (χ0v) is 14.8. The summed E-state index contributed by atoms with van der Waals surface area (Å²) in [7, 11) is 0. The largest absolute Gasteiger partial charge is 0.338 e. The summed E-state index contributed by atoms with van der Waals surface area (Å²) in [6, 6.07) is 6.35. The predicted octanol–water partition coefficient (Wildman–Crippen LogP) is 2.51. The van der Waals surface area contributed by atoms with Crippen LogP contribution in [0.15, 0.2) is 24.3 Å². The van der Waals surface area contributed by atoms with Crippen LogP contribution in [-0.2, 0) is 11.2 Å². The number of piperidine rings is 1. The van der Waals surface area contributed by atoms with Crippen LogP contribution in [0.4, 0.5) is 4.39 Å². The van der Waals surface area contributed by atoms with Gasteiger partial charge in [0.05, 0.1) is 17.8 Å². The van der Waals surface area contributed by atoms with E-state index in [4.69, 9.17) is 5.73 Å². The third-order valence-electron chi connectivity index (χ3n) is 5.06. The van der Waals surface area contributed by atoms with Crippen molar-refractivity contribution in [2.75, 3.05) is 13.1 Å². The molecule has 1 fully saturated rings. The summed E-state index contributed by atoms with van der Waals surface area (Å²) < 4.78 is 14.9. The molecule has 1 atom stereocenters. The van der Waals surface area contributed by atoms with E-state index < -0.39 is 0 Å². The van der Waals surface area contributed by atoms with Gasteiger partial charge in [-0.15, -0.1) is 0 Å². The summed E-state index contributed by atoms with van der Waals surface area (Å²) in [5.74, 6) is -0.168. The van der Waals surface area contributed by atoms with E-state index in [0.717, 1.165) is 48.4 Å². The Balaban J connectivity index is 1.83. The lowest BCUT2D eigenvalue weighted by Crippen LogP contribution is -2.48. The Kier molecular flexibility index (Phi) is 5.18. The number of carbonyl (C=O) groups excluding carboxylic acids is 1. The van der Waals surface area contributed by atoms with Gasteiger partial charge in [-0.25, -0.2) is 9.07 Å². The molecule has 1 aliphatic heterocycles. The van der Waals surface area contributed by atoms with Crippen LogP contribution in [0.1, 0.15) is 36.2 Å². The van der Waals surface area contributed by atoms with E-state index in [1.807, 2.05) is 18.7 Å². The lowest BCUT2D eigenvalue weighted by molar-refractivity contribution is -0.133. The topological polar surface area (TPSA) is 64.2 Å². The predicted molar refractivity (Wildman–Crippen MR) is 95.1 cm³/mol. The maximum Gasteiger partial charge on any atom is 0.227 e. The standard InChI is InChI=1S/C19H25FN4O/c1-13-18(11-19(25)23-10-4-3-5-17(23)12-21)14(2)24(22-13)16-8-6-15(20)7-9-16/h6-9,17H,3-5,10-12,21H2,1-2H3. The highest BCUT2D eigenvalue weighted by atomic mass is 19.1. The number of carbonyl (C=O) groups is 1. The minimum atomic E-state index is -0.279. The highest BCUT2D eigenvalue weighted by molar-refractivity contribution is 5.79. The molecule has 5 nitrogen and oxygen atoms in total. The number of rotatable bonds is 4. The number of aryl methyl sites for hydroxylation is 1. The average molecular weight is 344 g/mol. The van der Waals surface area contributed by atoms with E-state index in [0.29, 0.717) is 13.0 Å². The van der Waals surface area contributed by atoms with Crippen LogP contribution in [0.2, 0.25) is 0 Å². The van der Waals surface area contributed by atoms with Crippen molar-refractivity contribution in [1.29, 1.82) is 0 Å². The van der Waals surface area contributed by atoms with Crippen molar-refractivity contribution in [2.24, 2.45) is 5.73 Å². The van der Waals surface area contributed by atoms with Gasteiger partial charge in [-0.1, -0.05) is 0 Å². The molecule has 0 saturated carbocycles. The fraction of sp³-hybridized carbons (Fsp3) is 0.474. The van der Waals surface area contributed by atoms with Crippen molar-refractivity contribution in [1.82, 2.24) is 14.7 Å². The first-order chi connectivity index (χ1) is 12.0. The Bertz CT molecular complexity index is 754. The molecule has 3 rings (SSSR count). The number of benzene rings is 1. The van der Waals surface area contributed by atoms with E-state index in [9.17, 15) is 9.18 Å². The number of hydrogen-bond donors (Lipinski definition) is 1. The van der Waals surface area contributed by atoms with Gasteiger partial charge in [0.2, 0.25) is 5.91 Å². The van der Waals surface area contributed by atoms with Gasteiger partial charge in [0.1, 0.15) is 5.82 Å². The molecule has 0 radical (unpaired) electrons. The van der Waals surface area contributed by atoms with Crippen molar-refractivity contribution >= 4 is 5.91 Å². The van der Waals surface area contributed by atoms with Gasteiger partial charge in [0.15, 0.2) is 0 Å². The van der Waals surface area contributed by atoms with Crippen LogP contribution < -0.4 is 5.73 Å². The van der Waals surface area contributed by atoms with E-state index in [2.05, 4.69) is 5.10 Å². The molecular formula is C19H25FN4O. The minimum absolute atomic E-state index is 0.111. The fourth-order valence-electron chi connectivity index (χ4n) is 3.59. The summed E-state index contributed by atoms with van der Waals surface area (Å²) >= 11 is 0. The van der Waals surface area contributed by atoms with Crippen LogP contribution in [0.25, 0.3) is 5.69 Å². The summed E-state index contributed by atoms with van der Waals surface area (Å²) in [4.78, 5) is 14.7. The number of nitrogens with zero attached hydrogens (tertiary/aromatic N) is 3. The highest BCUT2D eigenvalue weighted by Gasteiger charge is 2.27. The third kappa shape index (κ3) is 3.58. The molecule has 2 heterocycles. The molecule has 0 bridgehead atoms. The van der Waals surface area contributed by atoms with Gasteiger partial charge in [-0.05, 0) is 57.4 Å². The van der Waals surface area contributed by atoms with Crippen molar-refractivity contribution in [3.8, 4) is 5.69 Å². The average Bonchev–Trinajstić information content (AvgIpc) is 2.90. The molecule has 6 heteroatoms. The Labute approximate surface area is 147 Å². The number of nitrogens with two attached hydrogens (primary N) is 1. The number of hydrogen-bond acceptors (Lipinski definition) is 3. The number of aromatic nitrogens is 2. The minimum Gasteiger partial charge on any atom is -0.338 e. The molecule has 1 aliphatic rings. The Morgan fingerprint density at radius 2 is 2.00 bits per heavy atom. The lowest BCUT2D eigenvalue weighted by atomic mass is 10.0. The number of halogens is 1. The van der Waals surface area contributed by atoms with Crippen LogP contribution in [0.3, 0.4) is 0 Å². The number of likely N-dealkylation sites (tertiary alicyclic amines) is 1. The SMILES string of the molecule is Cc1nn(-c2ccc(F)cc2)c(C)c1CC(=O)N1CCCCC1CN. The Morgan fingerprint density at radius 1 is 1.28 bits per heavy atom. The molecule has 2 aromatic rings. The van der Waals surface area contributed by atoms with Crippen molar-refractivity contribution < 1.29 is 9.18 Å². The molecule has 1 aromatic carbocycles. The second-order valence-corrected chi connectivity index (χ2v) is 6.69. The van der Waals surface area contributed by atoms with Crippen LogP contribution in [-0.4, -0.2) is 39.7 Å². The molecule has 134 valence electrons. The molecule has 1 unspecified atom stereocenters. The van der Waals surface area contributed by atoms with Crippen LogP contribution in [0, 0.1) is 19.7 Å². The molecule has 0 aliphatic carbocycles. The molecule has 2 N–H and O–H groups in total. The van der Waals surface area contributed by atoms with Crippen LogP contribution >= 0.6 is 0 Å². The second kappa shape index (κ2) is 7.35. The summed E-state index contributed by atoms with van der Waals surface area (Å²) in [5.41, 5.74) is 9.31. The zero-order chi connectivity index (χ0) is 18.0. The van der Waals surface area contributed by atoms with E-state index in [-0.39, 0.29) is 17.8 Å². The van der Waals surface area contributed by atoms with E-state index in [1.165, 1.54) is 12.1 Å². The molecule has 1 saturated heterocycles. The zero-order valence-electron chi connectivity index (χ0n) is 14.8. The van der Waals surface area contributed by atoms with Gasteiger partial charge < -0.3 is 10.6 Å². The van der Waals surface area contributed by atoms with Crippen molar-refractivity contribution in [3.63, 3.8) is 0 Å². The Morgan fingerprint density at radius 3 is 2.68 bits per heavy atom. The highest BCUT2D eigenvalue weighted by Crippen LogP contribution is 2.22. The number of amides is 1. The maximum absolute atomic E-state index is 13.1. The third-order valence-corrected chi connectivity index (χ3v) is 5.06. The van der Waals surface area contributed by atoms with Gasteiger partial charge >= 0.3 is 0 Å². The smallest absolute Gasteiger partial charge is 0.227 e. The molecule has 1 amide bonds.